The lowest BCUT2D eigenvalue weighted by Gasteiger charge is -2.30. The molecular formula is C21H26ClN3O3S. The SMILES string of the molecule is CC(C)c1ccc(S(=O)(=O)N2CCC(C(=O)NCc3ccc(Cl)nc3)CC2)cc1. The van der Waals surface area contributed by atoms with Crippen molar-refractivity contribution in [3.63, 3.8) is 0 Å². The summed E-state index contributed by atoms with van der Waals surface area (Å²) < 4.78 is 27.3. The van der Waals surface area contributed by atoms with Gasteiger partial charge in [-0.1, -0.05) is 43.6 Å². The molecule has 2 aromatic rings. The Morgan fingerprint density at radius 2 is 1.83 bits per heavy atom. The van der Waals surface area contributed by atoms with Gasteiger partial charge in [0.2, 0.25) is 15.9 Å². The number of carbonyl (C=O) groups is 1. The summed E-state index contributed by atoms with van der Waals surface area (Å²) in [6.45, 7) is 5.21. The Hall–Kier alpha value is -1.96. The van der Waals surface area contributed by atoms with Gasteiger partial charge in [-0.2, -0.15) is 4.31 Å². The first-order valence-corrected chi connectivity index (χ1v) is 11.6. The highest BCUT2D eigenvalue weighted by atomic mass is 35.5. The average Bonchev–Trinajstić information content (AvgIpc) is 2.73. The highest BCUT2D eigenvalue weighted by molar-refractivity contribution is 7.89. The van der Waals surface area contributed by atoms with Crippen LogP contribution in [0.4, 0.5) is 0 Å². The summed E-state index contributed by atoms with van der Waals surface area (Å²) in [7, 11) is -3.53. The molecule has 1 aliphatic heterocycles. The maximum absolute atomic E-state index is 12.9. The number of carbonyl (C=O) groups excluding carboxylic acids is 1. The Bertz CT molecular complexity index is 936. The average molecular weight is 436 g/mol. The molecule has 8 heteroatoms. The standard InChI is InChI=1S/C21H26ClN3O3S/c1-15(2)17-4-6-19(7-5-17)29(27,28)25-11-9-18(10-12-25)21(26)24-14-16-3-8-20(22)23-13-16/h3-8,13,15,18H,9-12,14H2,1-2H3,(H,24,26). The van der Waals surface area contributed by atoms with Crippen LogP contribution >= 0.6 is 11.6 Å². The van der Waals surface area contributed by atoms with Crippen molar-refractivity contribution in [2.45, 2.75) is 44.0 Å². The topological polar surface area (TPSA) is 79.4 Å². The van der Waals surface area contributed by atoms with Crippen LogP contribution in [0, 0.1) is 5.92 Å². The fourth-order valence-corrected chi connectivity index (χ4v) is 4.96. The van der Waals surface area contributed by atoms with E-state index in [4.69, 9.17) is 11.6 Å². The van der Waals surface area contributed by atoms with Crippen molar-refractivity contribution in [3.8, 4) is 0 Å². The molecule has 6 nitrogen and oxygen atoms in total. The Morgan fingerprint density at radius 3 is 2.38 bits per heavy atom. The van der Waals surface area contributed by atoms with E-state index in [0.29, 0.717) is 48.4 Å². The van der Waals surface area contributed by atoms with E-state index in [1.54, 1.807) is 24.4 Å². The van der Waals surface area contributed by atoms with Crippen LogP contribution in [-0.2, 0) is 21.4 Å². The highest BCUT2D eigenvalue weighted by Gasteiger charge is 2.32. The number of hydrogen-bond acceptors (Lipinski definition) is 4. The first kappa shape index (κ1) is 21.7. The molecule has 29 heavy (non-hydrogen) atoms. The van der Waals surface area contributed by atoms with Crippen molar-refractivity contribution < 1.29 is 13.2 Å². The molecule has 1 fully saturated rings. The number of pyridine rings is 1. The van der Waals surface area contributed by atoms with Crippen LogP contribution < -0.4 is 5.32 Å². The summed E-state index contributed by atoms with van der Waals surface area (Å²) in [5, 5.41) is 3.31. The number of nitrogens with zero attached hydrogens (tertiary/aromatic N) is 2. The molecule has 0 spiro atoms. The summed E-state index contributed by atoms with van der Waals surface area (Å²) in [4.78, 5) is 16.7. The molecule has 3 rings (SSSR count). The monoisotopic (exact) mass is 435 g/mol. The number of sulfonamides is 1. The third-order valence-corrected chi connectivity index (χ3v) is 7.40. The van der Waals surface area contributed by atoms with Gasteiger partial charge in [0.05, 0.1) is 4.90 Å². The van der Waals surface area contributed by atoms with Crippen LogP contribution in [0.2, 0.25) is 5.15 Å². The molecule has 0 saturated carbocycles. The second kappa shape index (κ2) is 9.24. The number of halogens is 1. The van der Waals surface area contributed by atoms with Crippen LogP contribution in [-0.4, -0.2) is 36.7 Å². The first-order valence-electron chi connectivity index (χ1n) is 9.75. The van der Waals surface area contributed by atoms with Gasteiger partial charge in [0.25, 0.3) is 0 Å². The van der Waals surface area contributed by atoms with Gasteiger partial charge in [0.15, 0.2) is 0 Å². The Balaban J connectivity index is 1.54. The molecular weight excluding hydrogens is 410 g/mol. The predicted octanol–water partition coefficient (Wildman–Crippen LogP) is 3.58. The lowest BCUT2D eigenvalue weighted by molar-refractivity contribution is -0.126. The van der Waals surface area contributed by atoms with Crippen molar-refractivity contribution in [2.24, 2.45) is 5.92 Å². The van der Waals surface area contributed by atoms with E-state index in [1.807, 2.05) is 18.2 Å². The lowest BCUT2D eigenvalue weighted by Crippen LogP contribution is -2.42. The molecule has 1 aliphatic rings. The van der Waals surface area contributed by atoms with E-state index in [0.717, 1.165) is 11.1 Å². The number of aromatic nitrogens is 1. The molecule has 1 aromatic heterocycles. The smallest absolute Gasteiger partial charge is 0.243 e. The molecule has 1 N–H and O–H groups in total. The minimum Gasteiger partial charge on any atom is -0.352 e. The van der Waals surface area contributed by atoms with E-state index in [1.165, 1.54) is 4.31 Å². The second-order valence-corrected chi connectivity index (χ2v) is 9.93. The van der Waals surface area contributed by atoms with E-state index < -0.39 is 10.0 Å². The van der Waals surface area contributed by atoms with E-state index in [-0.39, 0.29) is 11.8 Å². The van der Waals surface area contributed by atoms with Gasteiger partial charge in [0.1, 0.15) is 5.15 Å². The minimum absolute atomic E-state index is 0.0571. The molecule has 156 valence electrons. The summed E-state index contributed by atoms with van der Waals surface area (Å²) in [6, 6.07) is 10.6. The molecule has 0 radical (unpaired) electrons. The fourth-order valence-electron chi connectivity index (χ4n) is 3.38. The van der Waals surface area contributed by atoms with Gasteiger partial charge < -0.3 is 5.32 Å². The third-order valence-electron chi connectivity index (χ3n) is 5.26. The van der Waals surface area contributed by atoms with Gasteiger partial charge in [-0.15, -0.1) is 0 Å². The molecule has 1 aromatic carbocycles. The Kier molecular flexibility index (Phi) is 6.93. The molecule has 1 amide bonds. The molecule has 1 saturated heterocycles. The highest BCUT2D eigenvalue weighted by Crippen LogP contribution is 2.25. The van der Waals surface area contributed by atoms with Gasteiger partial charge >= 0.3 is 0 Å². The van der Waals surface area contributed by atoms with Crippen LogP contribution in [0.5, 0.6) is 0 Å². The minimum atomic E-state index is -3.53. The number of piperidine rings is 1. The van der Waals surface area contributed by atoms with Gasteiger partial charge in [0, 0.05) is 31.7 Å². The van der Waals surface area contributed by atoms with Crippen LogP contribution in [0.1, 0.15) is 43.7 Å². The summed E-state index contributed by atoms with van der Waals surface area (Å²) in [5.74, 6) is 0.105. The number of hydrogen-bond donors (Lipinski definition) is 1. The van der Waals surface area contributed by atoms with E-state index in [2.05, 4.69) is 24.1 Å². The number of nitrogens with one attached hydrogen (secondary N) is 1. The number of benzene rings is 1. The molecule has 2 heterocycles. The normalized spacial score (nSPS) is 16.1. The third kappa shape index (κ3) is 5.35. The van der Waals surface area contributed by atoms with E-state index >= 15 is 0 Å². The van der Waals surface area contributed by atoms with Crippen molar-refractivity contribution >= 4 is 27.5 Å². The van der Waals surface area contributed by atoms with Crippen molar-refractivity contribution in [1.82, 2.24) is 14.6 Å². The maximum atomic E-state index is 12.9. The number of amides is 1. The van der Waals surface area contributed by atoms with Crippen molar-refractivity contribution in [1.29, 1.82) is 0 Å². The zero-order chi connectivity index (χ0) is 21.0. The summed E-state index contributed by atoms with van der Waals surface area (Å²) >= 11 is 5.76. The maximum Gasteiger partial charge on any atom is 0.243 e. The molecule has 0 bridgehead atoms. The van der Waals surface area contributed by atoms with E-state index in [9.17, 15) is 13.2 Å². The van der Waals surface area contributed by atoms with Crippen LogP contribution in [0.25, 0.3) is 0 Å². The van der Waals surface area contributed by atoms with Crippen molar-refractivity contribution in [3.05, 3.63) is 58.9 Å². The molecule has 0 unspecified atom stereocenters. The van der Waals surface area contributed by atoms with Crippen molar-refractivity contribution in [2.75, 3.05) is 13.1 Å². The predicted molar refractivity (Wildman–Crippen MR) is 113 cm³/mol. The Labute approximate surface area is 177 Å². The van der Waals surface area contributed by atoms with Gasteiger partial charge in [-0.25, -0.2) is 13.4 Å². The quantitative estimate of drug-likeness (QED) is 0.703. The summed E-state index contributed by atoms with van der Waals surface area (Å²) in [5.41, 5.74) is 1.97. The Morgan fingerprint density at radius 1 is 1.17 bits per heavy atom. The van der Waals surface area contributed by atoms with Gasteiger partial charge in [-0.3, -0.25) is 4.79 Å². The van der Waals surface area contributed by atoms with Crippen LogP contribution in [0.15, 0.2) is 47.5 Å². The van der Waals surface area contributed by atoms with Crippen LogP contribution in [0.3, 0.4) is 0 Å². The molecule has 0 aliphatic carbocycles. The zero-order valence-electron chi connectivity index (χ0n) is 16.6. The van der Waals surface area contributed by atoms with Gasteiger partial charge in [-0.05, 0) is 48.1 Å². The zero-order valence-corrected chi connectivity index (χ0v) is 18.2. The fraction of sp³-hybridized carbons (Fsp3) is 0.429. The number of rotatable bonds is 6. The summed E-state index contributed by atoms with van der Waals surface area (Å²) in [6.07, 6.45) is 2.64. The second-order valence-electron chi connectivity index (χ2n) is 7.61. The first-order chi connectivity index (χ1) is 13.8. The molecule has 0 atom stereocenters. The largest absolute Gasteiger partial charge is 0.352 e. The lowest BCUT2D eigenvalue weighted by atomic mass is 9.97.